The molecule has 1 aromatic rings. The second-order valence-electron chi connectivity index (χ2n) is 5.35. The van der Waals surface area contributed by atoms with E-state index in [2.05, 4.69) is 46.5 Å². The lowest BCUT2D eigenvalue weighted by Gasteiger charge is -2.28. The van der Waals surface area contributed by atoms with Crippen LogP contribution in [0.2, 0.25) is 0 Å². The minimum absolute atomic E-state index is 0.764. The third-order valence-corrected chi connectivity index (χ3v) is 3.48. The number of rotatable bonds is 7. The van der Waals surface area contributed by atoms with Crippen molar-refractivity contribution in [2.24, 2.45) is 0 Å². The number of anilines is 2. The van der Waals surface area contributed by atoms with Crippen LogP contribution >= 0.6 is 0 Å². The number of hydrazine groups is 1. The predicted molar refractivity (Wildman–Crippen MR) is 85.6 cm³/mol. The maximum absolute atomic E-state index is 5.38. The molecule has 1 aromatic heterocycles. The fourth-order valence-corrected chi connectivity index (χ4v) is 2.25. The highest BCUT2D eigenvalue weighted by Crippen LogP contribution is 2.21. The zero-order chi connectivity index (χ0) is 15.1. The molecule has 2 heterocycles. The highest BCUT2D eigenvalue weighted by molar-refractivity contribution is 5.56. The summed E-state index contributed by atoms with van der Waals surface area (Å²) in [7, 11) is 0. The Hall–Kier alpha value is -1.40. The molecule has 0 aromatic carbocycles. The fraction of sp³-hybridized carbons (Fsp3) is 0.733. The summed E-state index contributed by atoms with van der Waals surface area (Å²) in [6.45, 7) is 10.6. The number of hydrogen-bond acceptors (Lipinski definition) is 6. The summed E-state index contributed by atoms with van der Waals surface area (Å²) in [5.74, 6) is 2.76. The summed E-state index contributed by atoms with van der Waals surface area (Å²) in [5.41, 5.74) is 4.51. The van der Waals surface area contributed by atoms with Crippen LogP contribution in [0.1, 0.15) is 38.1 Å². The first-order valence-electron chi connectivity index (χ1n) is 7.95. The average Bonchev–Trinajstić information content (AvgIpc) is 2.50. The fourth-order valence-electron chi connectivity index (χ4n) is 2.25. The van der Waals surface area contributed by atoms with Gasteiger partial charge in [-0.15, -0.1) is 0 Å². The zero-order valence-corrected chi connectivity index (χ0v) is 13.4. The Balaban J connectivity index is 2.17. The van der Waals surface area contributed by atoms with Crippen molar-refractivity contribution in [3.8, 4) is 0 Å². The maximum Gasteiger partial charge on any atom is 0.149 e. The SMILES string of the molecule is CCCNc1nc(CCC)nc(NN2CCOCC2)c1C. The molecule has 21 heavy (non-hydrogen) atoms. The van der Waals surface area contributed by atoms with Crippen molar-refractivity contribution < 1.29 is 4.74 Å². The van der Waals surface area contributed by atoms with E-state index in [9.17, 15) is 0 Å². The molecular weight excluding hydrogens is 266 g/mol. The minimum atomic E-state index is 0.764. The number of ether oxygens (including phenoxy) is 1. The van der Waals surface area contributed by atoms with E-state index >= 15 is 0 Å². The van der Waals surface area contributed by atoms with Crippen LogP contribution < -0.4 is 10.7 Å². The van der Waals surface area contributed by atoms with Crippen molar-refractivity contribution in [2.75, 3.05) is 43.6 Å². The van der Waals surface area contributed by atoms with Crippen molar-refractivity contribution in [3.63, 3.8) is 0 Å². The zero-order valence-electron chi connectivity index (χ0n) is 13.4. The van der Waals surface area contributed by atoms with Gasteiger partial charge in [0.05, 0.1) is 13.2 Å². The van der Waals surface area contributed by atoms with Gasteiger partial charge < -0.3 is 15.5 Å². The highest BCUT2D eigenvalue weighted by atomic mass is 16.5. The van der Waals surface area contributed by atoms with Gasteiger partial charge in [0.1, 0.15) is 17.5 Å². The molecule has 1 fully saturated rings. The largest absolute Gasteiger partial charge is 0.379 e. The van der Waals surface area contributed by atoms with Crippen LogP contribution in [0, 0.1) is 6.92 Å². The standard InChI is InChI=1S/C15H27N5O/c1-4-6-13-17-14(16-7-5-2)12(3)15(18-13)19-20-8-10-21-11-9-20/h4-11H2,1-3H3,(H2,16,17,18,19). The summed E-state index contributed by atoms with van der Waals surface area (Å²) in [5, 5.41) is 5.57. The van der Waals surface area contributed by atoms with Crippen molar-refractivity contribution in [1.29, 1.82) is 0 Å². The van der Waals surface area contributed by atoms with Crippen LogP contribution in [0.4, 0.5) is 11.6 Å². The van der Waals surface area contributed by atoms with E-state index in [1.807, 2.05) is 0 Å². The molecule has 0 radical (unpaired) electrons. The highest BCUT2D eigenvalue weighted by Gasteiger charge is 2.15. The Bertz CT molecular complexity index is 446. The van der Waals surface area contributed by atoms with Crippen molar-refractivity contribution >= 4 is 11.6 Å². The summed E-state index contributed by atoms with van der Waals surface area (Å²) >= 11 is 0. The van der Waals surface area contributed by atoms with Crippen LogP contribution in [-0.4, -0.2) is 47.8 Å². The quantitative estimate of drug-likeness (QED) is 0.804. The average molecular weight is 293 g/mol. The molecule has 0 saturated carbocycles. The van der Waals surface area contributed by atoms with Crippen LogP contribution in [0.15, 0.2) is 0 Å². The first-order valence-corrected chi connectivity index (χ1v) is 7.95. The van der Waals surface area contributed by atoms with Gasteiger partial charge in [-0.25, -0.2) is 15.0 Å². The molecule has 1 aliphatic heterocycles. The minimum Gasteiger partial charge on any atom is -0.379 e. The Morgan fingerprint density at radius 1 is 1.10 bits per heavy atom. The second-order valence-corrected chi connectivity index (χ2v) is 5.35. The molecular formula is C15H27N5O. The first kappa shape index (κ1) is 16.0. The number of hydrogen-bond donors (Lipinski definition) is 2. The topological polar surface area (TPSA) is 62.3 Å². The molecule has 0 unspecified atom stereocenters. The molecule has 2 N–H and O–H groups in total. The molecule has 118 valence electrons. The predicted octanol–water partition coefficient (Wildman–Crippen LogP) is 2.22. The van der Waals surface area contributed by atoms with Crippen molar-refractivity contribution in [3.05, 3.63) is 11.4 Å². The van der Waals surface area contributed by atoms with Crippen molar-refractivity contribution in [1.82, 2.24) is 15.0 Å². The van der Waals surface area contributed by atoms with Crippen LogP contribution in [0.5, 0.6) is 0 Å². The molecule has 6 nitrogen and oxygen atoms in total. The normalized spacial score (nSPS) is 16.0. The van der Waals surface area contributed by atoms with E-state index in [1.54, 1.807) is 0 Å². The monoisotopic (exact) mass is 293 g/mol. The van der Waals surface area contributed by atoms with Gasteiger partial charge in [0.15, 0.2) is 0 Å². The summed E-state index contributed by atoms with van der Waals surface area (Å²) in [6.07, 6.45) is 3.03. The third kappa shape index (κ3) is 4.54. The van der Waals surface area contributed by atoms with Gasteiger partial charge in [0.2, 0.25) is 0 Å². The third-order valence-electron chi connectivity index (χ3n) is 3.48. The van der Waals surface area contributed by atoms with Crippen LogP contribution in [-0.2, 0) is 11.2 Å². The molecule has 1 saturated heterocycles. The number of nitrogens with zero attached hydrogens (tertiary/aromatic N) is 3. The van der Waals surface area contributed by atoms with E-state index in [4.69, 9.17) is 4.74 Å². The lowest BCUT2D eigenvalue weighted by atomic mass is 10.2. The Kier molecular flexibility index (Phi) is 6.20. The molecule has 1 aliphatic rings. The lowest BCUT2D eigenvalue weighted by Crippen LogP contribution is -2.40. The van der Waals surface area contributed by atoms with E-state index in [0.717, 1.165) is 75.1 Å². The molecule has 0 aliphatic carbocycles. The Morgan fingerprint density at radius 2 is 1.81 bits per heavy atom. The smallest absolute Gasteiger partial charge is 0.149 e. The second kappa shape index (κ2) is 8.14. The van der Waals surface area contributed by atoms with Crippen LogP contribution in [0.25, 0.3) is 0 Å². The van der Waals surface area contributed by atoms with Gasteiger partial charge >= 0.3 is 0 Å². The number of nitrogens with one attached hydrogen (secondary N) is 2. The summed E-state index contributed by atoms with van der Waals surface area (Å²) in [4.78, 5) is 9.33. The van der Waals surface area contributed by atoms with Gasteiger partial charge in [-0.3, -0.25) is 0 Å². The maximum atomic E-state index is 5.38. The van der Waals surface area contributed by atoms with Crippen molar-refractivity contribution in [2.45, 2.75) is 40.0 Å². The molecule has 6 heteroatoms. The van der Waals surface area contributed by atoms with Gasteiger partial charge in [-0.05, 0) is 19.8 Å². The molecule has 0 bridgehead atoms. The van der Waals surface area contributed by atoms with E-state index in [-0.39, 0.29) is 0 Å². The van der Waals surface area contributed by atoms with Gasteiger partial charge in [0, 0.05) is 31.6 Å². The Morgan fingerprint density at radius 3 is 2.48 bits per heavy atom. The number of aromatic nitrogens is 2. The van der Waals surface area contributed by atoms with Gasteiger partial charge in [0.25, 0.3) is 0 Å². The number of morpholine rings is 1. The van der Waals surface area contributed by atoms with E-state index < -0.39 is 0 Å². The van der Waals surface area contributed by atoms with E-state index in [1.165, 1.54) is 0 Å². The van der Waals surface area contributed by atoms with Gasteiger partial charge in [-0.1, -0.05) is 13.8 Å². The van der Waals surface area contributed by atoms with E-state index in [0.29, 0.717) is 0 Å². The molecule has 0 amide bonds. The number of aryl methyl sites for hydroxylation is 1. The summed E-state index contributed by atoms with van der Waals surface area (Å²) < 4.78 is 5.38. The Labute approximate surface area is 127 Å². The lowest BCUT2D eigenvalue weighted by molar-refractivity contribution is 0.0494. The van der Waals surface area contributed by atoms with Crippen LogP contribution in [0.3, 0.4) is 0 Å². The first-order chi connectivity index (χ1) is 10.2. The molecule has 0 spiro atoms. The molecule has 2 rings (SSSR count). The molecule has 0 atom stereocenters. The van der Waals surface area contributed by atoms with Gasteiger partial charge in [-0.2, -0.15) is 0 Å². The summed E-state index contributed by atoms with van der Waals surface area (Å²) in [6, 6.07) is 0.